The van der Waals surface area contributed by atoms with Crippen molar-refractivity contribution in [2.24, 2.45) is 16.3 Å². The largest absolute Gasteiger partial charge is 0.409 e. The molecule has 0 aliphatic carbocycles. The molecule has 1 aromatic rings. The van der Waals surface area contributed by atoms with Crippen LogP contribution in [0.4, 0.5) is 0 Å². The van der Waals surface area contributed by atoms with Crippen LogP contribution >= 0.6 is 0 Å². The second kappa shape index (κ2) is 8.62. The number of likely N-dealkylation sites (N-methyl/N-ethyl adjacent to an activating group) is 1. The fourth-order valence-electron chi connectivity index (χ4n) is 2.18. The van der Waals surface area contributed by atoms with Crippen molar-refractivity contribution in [3.63, 3.8) is 0 Å². The second-order valence-electron chi connectivity index (χ2n) is 6.20. The van der Waals surface area contributed by atoms with E-state index in [1.165, 1.54) is 0 Å². The third kappa shape index (κ3) is 6.58. The molecule has 21 heavy (non-hydrogen) atoms. The number of hydrogen-bond acceptors (Lipinski definition) is 4. The van der Waals surface area contributed by atoms with E-state index >= 15 is 0 Å². The number of rotatable bonds is 9. The molecule has 0 aromatic carbocycles. The van der Waals surface area contributed by atoms with E-state index in [1.54, 1.807) is 0 Å². The van der Waals surface area contributed by atoms with Gasteiger partial charge in [-0.3, -0.25) is 4.98 Å². The van der Waals surface area contributed by atoms with Crippen molar-refractivity contribution in [3.05, 3.63) is 30.1 Å². The van der Waals surface area contributed by atoms with Crippen molar-refractivity contribution in [3.8, 4) is 0 Å². The molecule has 0 bridgehead atoms. The average molecular weight is 292 g/mol. The van der Waals surface area contributed by atoms with E-state index in [-0.39, 0.29) is 5.41 Å². The molecule has 0 saturated heterocycles. The van der Waals surface area contributed by atoms with Gasteiger partial charge in [0.2, 0.25) is 0 Å². The number of nitrogens with two attached hydrogens (primary N) is 1. The third-order valence-corrected chi connectivity index (χ3v) is 3.87. The molecular weight excluding hydrogens is 264 g/mol. The quantitative estimate of drug-likeness (QED) is 0.241. The molecule has 0 aliphatic rings. The van der Waals surface area contributed by atoms with E-state index in [0.29, 0.717) is 5.84 Å². The van der Waals surface area contributed by atoms with Crippen LogP contribution in [0.5, 0.6) is 0 Å². The highest BCUT2D eigenvalue weighted by Crippen LogP contribution is 2.23. The molecule has 0 aliphatic heterocycles. The highest BCUT2D eigenvalue weighted by atomic mass is 16.4. The molecule has 3 N–H and O–H groups in total. The van der Waals surface area contributed by atoms with Gasteiger partial charge in [0.1, 0.15) is 5.84 Å². The van der Waals surface area contributed by atoms with E-state index in [1.807, 2.05) is 32.2 Å². The van der Waals surface area contributed by atoms with Crippen LogP contribution in [-0.4, -0.2) is 41.1 Å². The van der Waals surface area contributed by atoms with Crippen molar-refractivity contribution in [2.45, 2.75) is 39.5 Å². The Morgan fingerprint density at radius 3 is 2.71 bits per heavy atom. The molecule has 1 rings (SSSR count). The molecule has 1 aromatic heterocycles. The van der Waals surface area contributed by atoms with Gasteiger partial charge in [0, 0.05) is 30.3 Å². The van der Waals surface area contributed by atoms with E-state index in [4.69, 9.17) is 10.9 Å². The summed E-state index contributed by atoms with van der Waals surface area (Å²) in [6.45, 7) is 6.08. The van der Waals surface area contributed by atoms with Crippen LogP contribution in [0.1, 0.15) is 38.8 Å². The van der Waals surface area contributed by atoms with Crippen LogP contribution in [0, 0.1) is 5.41 Å². The Bertz CT molecular complexity index is 431. The van der Waals surface area contributed by atoms with Crippen LogP contribution < -0.4 is 5.73 Å². The number of aromatic nitrogens is 1. The van der Waals surface area contributed by atoms with E-state index in [9.17, 15) is 0 Å². The highest BCUT2D eigenvalue weighted by molar-refractivity contribution is 5.85. The third-order valence-electron chi connectivity index (χ3n) is 3.87. The molecule has 0 spiro atoms. The zero-order valence-corrected chi connectivity index (χ0v) is 13.4. The Morgan fingerprint density at radius 2 is 2.10 bits per heavy atom. The lowest BCUT2D eigenvalue weighted by atomic mass is 9.86. The Balaban J connectivity index is 2.18. The first-order chi connectivity index (χ1) is 9.95. The summed E-state index contributed by atoms with van der Waals surface area (Å²) in [5.74, 6) is 0.311. The fraction of sp³-hybridized carbons (Fsp3) is 0.625. The number of amidine groups is 1. The summed E-state index contributed by atoms with van der Waals surface area (Å²) in [4.78, 5) is 6.66. The molecular formula is C16H28N4O. The van der Waals surface area contributed by atoms with Gasteiger partial charge >= 0.3 is 0 Å². The van der Waals surface area contributed by atoms with Gasteiger partial charge in [-0.1, -0.05) is 31.5 Å². The Kier molecular flexibility index (Phi) is 7.15. The molecule has 5 nitrogen and oxygen atoms in total. The zero-order valence-electron chi connectivity index (χ0n) is 13.4. The van der Waals surface area contributed by atoms with Gasteiger partial charge in [-0.2, -0.15) is 0 Å². The minimum absolute atomic E-state index is 0.235. The summed E-state index contributed by atoms with van der Waals surface area (Å²) < 4.78 is 0. The second-order valence-corrected chi connectivity index (χ2v) is 6.20. The van der Waals surface area contributed by atoms with Crippen molar-refractivity contribution in [2.75, 3.05) is 20.1 Å². The summed E-state index contributed by atoms with van der Waals surface area (Å²) in [5, 5.41) is 11.9. The minimum Gasteiger partial charge on any atom is -0.409 e. The average Bonchev–Trinajstić information content (AvgIpc) is 2.49. The van der Waals surface area contributed by atoms with Crippen LogP contribution in [0.25, 0.3) is 0 Å². The zero-order chi connectivity index (χ0) is 15.7. The molecule has 118 valence electrons. The predicted molar refractivity (Wildman–Crippen MR) is 86.5 cm³/mol. The number of pyridine rings is 1. The number of oxime groups is 1. The topological polar surface area (TPSA) is 74.7 Å². The molecule has 0 unspecified atom stereocenters. The minimum atomic E-state index is -0.235. The fourth-order valence-corrected chi connectivity index (χ4v) is 2.18. The standard InChI is InChI=1S/C16H28N4O/c1-16(2,15(17)19-21)10-5-7-12-20(3)13-9-14-8-4-6-11-18-14/h4,6,8,11,21H,5,7,9-10,12-13H2,1-3H3,(H2,17,19). The van der Waals surface area contributed by atoms with Crippen molar-refractivity contribution in [1.29, 1.82) is 0 Å². The van der Waals surface area contributed by atoms with Crippen molar-refractivity contribution < 1.29 is 5.21 Å². The summed E-state index contributed by atoms with van der Waals surface area (Å²) >= 11 is 0. The summed E-state index contributed by atoms with van der Waals surface area (Å²) in [6, 6.07) is 6.03. The molecule has 0 amide bonds. The monoisotopic (exact) mass is 292 g/mol. The van der Waals surface area contributed by atoms with Crippen molar-refractivity contribution in [1.82, 2.24) is 9.88 Å². The molecule has 0 atom stereocenters. The van der Waals surface area contributed by atoms with Crippen LogP contribution in [-0.2, 0) is 6.42 Å². The lowest BCUT2D eigenvalue weighted by molar-refractivity contribution is 0.298. The van der Waals surface area contributed by atoms with Gasteiger partial charge in [-0.25, -0.2) is 0 Å². The maximum atomic E-state index is 8.74. The van der Waals surface area contributed by atoms with Gasteiger partial charge in [-0.05, 0) is 38.6 Å². The van der Waals surface area contributed by atoms with Gasteiger partial charge < -0.3 is 15.8 Å². The smallest absolute Gasteiger partial charge is 0.144 e. The Labute approximate surface area is 127 Å². The Hall–Kier alpha value is -1.62. The first kappa shape index (κ1) is 17.4. The van der Waals surface area contributed by atoms with Crippen LogP contribution in [0.15, 0.2) is 29.6 Å². The van der Waals surface area contributed by atoms with E-state index in [0.717, 1.165) is 44.5 Å². The number of unbranched alkanes of at least 4 members (excludes halogenated alkanes) is 1. The molecule has 1 heterocycles. The molecule has 5 heteroatoms. The lowest BCUT2D eigenvalue weighted by Gasteiger charge is -2.23. The van der Waals surface area contributed by atoms with Crippen LogP contribution in [0.2, 0.25) is 0 Å². The lowest BCUT2D eigenvalue weighted by Crippen LogP contribution is -2.32. The molecule has 0 saturated carbocycles. The van der Waals surface area contributed by atoms with Gasteiger partial charge in [0.15, 0.2) is 0 Å². The molecule has 0 fully saturated rings. The predicted octanol–water partition coefficient (Wildman–Crippen LogP) is 2.50. The van der Waals surface area contributed by atoms with Crippen LogP contribution in [0.3, 0.4) is 0 Å². The number of nitrogens with zero attached hydrogens (tertiary/aromatic N) is 3. The van der Waals surface area contributed by atoms with Gasteiger partial charge in [-0.15, -0.1) is 0 Å². The maximum Gasteiger partial charge on any atom is 0.144 e. The summed E-state index contributed by atoms with van der Waals surface area (Å²) in [6.07, 6.45) is 5.92. The summed E-state index contributed by atoms with van der Waals surface area (Å²) in [7, 11) is 2.14. The first-order valence-electron chi connectivity index (χ1n) is 7.52. The SMILES string of the molecule is CN(CCCCC(C)(C)/C(N)=N/O)CCc1ccccn1. The molecule has 0 radical (unpaired) electrons. The maximum absolute atomic E-state index is 8.74. The van der Waals surface area contributed by atoms with E-state index < -0.39 is 0 Å². The highest BCUT2D eigenvalue weighted by Gasteiger charge is 2.22. The number of hydrogen-bond donors (Lipinski definition) is 2. The van der Waals surface area contributed by atoms with Crippen molar-refractivity contribution >= 4 is 5.84 Å². The Morgan fingerprint density at radius 1 is 1.33 bits per heavy atom. The normalized spacial score (nSPS) is 12.9. The van der Waals surface area contributed by atoms with Gasteiger partial charge in [0.05, 0.1) is 0 Å². The first-order valence-corrected chi connectivity index (χ1v) is 7.52. The summed E-state index contributed by atoms with van der Waals surface area (Å²) in [5.41, 5.74) is 6.59. The van der Waals surface area contributed by atoms with E-state index in [2.05, 4.69) is 28.2 Å². The van der Waals surface area contributed by atoms with Gasteiger partial charge in [0.25, 0.3) is 0 Å².